The van der Waals surface area contributed by atoms with Crippen molar-refractivity contribution in [3.63, 3.8) is 0 Å². The molecule has 3 atom stereocenters. The van der Waals surface area contributed by atoms with Gasteiger partial charge in [0.15, 0.2) is 0 Å². The van der Waals surface area contributed by atoms with Crippen LogP contribution in [0, 0.1) is 29.5 Å². The first-order chi connectivity index (χ1) is 18.7. The molecule has 4 aromatic rings. The number of pyridine rings is 2. The summed E-state index contributed by atoms with van der Waals surface area (Å²) in [5.41, 5.74) is 2.46. The Morgan fingerprint density at radius 2 is 1.64 bits per heavy atom. The van der Waals surface area contributed by atoms with Gasteiger partial charge in [0.25, 0.3) is 11.4 Å². The average Bonchev–Trinajstić information content (AvgIpc) is 2.95. The van der Waals surface area contributed by atoms with Crippen molar-refractivity contribution >= 4 is 22.5 Å². The number of aryl methyl sites for hydroxylation is 1. The predicted octanol–water partition coefficient (Wildman–Crippen LogP) is 5.32. The van der Waals surface area contributed by atoms with Crippen LogP contribution in [0.4, 0.5) is 20.3 Å². The van der Waals surface area contributed by atoms with E-state index in [2.05, 4.69) is 20.8 Å². The highest BCUT2D eigenvalue weighted by Crippen LogP contribution is 2.37. The lowest BCUT2D eigenvalue weighted by molar-refractivity contribution is 0.129. The van der Waals surface area contributed by atoms with E-state index in [0.717, 1.165) is 11.1 Å². The fourth-order valence-electron chi connectivity index (χ4n) is 5.46. The number of fused-ring (bicyclic) bond motifs is 1. The summed E-state index contributed by atoms with van der Waals surface area (Å²) < 4.78 is 30.7. The van der Waals surface area contributed by atoms with Gasteiger partial charge in [-0.05, 0) is 61.4 Å². The van der Waals surface area contributed by atoms with Gasteiger partial charge in [0.2, 0.25) is 11.3 Å². The summed E-state index contributed by atoms with van der Waals surface area (Å²) in [5, 5.41) is 9.26. The average molecular weight is 525 g/mol. The normalized spacial score (nSPS) is 18.5. The minimum absolute atomic E-state index is 0.106. The van der Waals surface area contributed by atoms with E-state index in [-0.39, 0.29) is 41.0 Å². The van der Waals surface area contributed by atoms with Crippen molar-refractivity contribution in [3.8, 4) is 6.07 Å². The first-order valence-electron chi connectivity index (χ1n) is 12.6. The van der Waals surface area contributed by atoms with Crippen LogP contribution >= 0.6 is 0 Å². The van der Waals surface area contributed by atoms with Crippen LogP contribution < -0.4 is 10.5 Å². The summed E-state index contributed by atoms with van der Waals surface area (Å²) in [6.07, 6.45) is 0. The highest BCUT2D eigenvalue weighted by molar-refractivity contribution is 5.90. The van der Waals surface area contributed by atoms with Crippen LogP contribution in [-0.4, -0.2) is 39.6 Å². The van der Waals surface area contributed by atoms with Crippen molar-refractivity contribution in [3.05, 3.63) is 111 Å². The molecule has 0 bridgehead atoms. The van der Waals surface area contributed by atoms with Gasteiger partial charge in [-0.2, -0.15) is 9.65 Å². The quantitative estimate of drug-likeness (QED) is 0.338. The van der Waals surface area contributed by atoms with Crippen molar-refractivity contribution in [2.24, 2.45) is 7.05 Å². The third-order valence-electron chi connectivity index (χ3n) is 7.45. The van der Waals surface area contributed by atoms with Crippen LogP contribution in [0.1, 0.15) is 36.6 Å². The maximum absolute atomic E-state index is 15.6. The Hall–Kier alpha value is -4.60. The summed E-state index contributed by atoms with van der Waals surface area (Å²) in [5.74, 6) is -1.10. The maximum atomic E-state index is 15.6. The van der Waals surface area contributed by atoms with E-state index in [1.807, 2.05) is 30.9 Å². The Morgan fingerprint density at radius 3 is 2.26 bits per heavy atom. The molecule has 0 N–H and O–H groups in total. The largest absolute Gasteiger partial charge is 0.361 e. The Kier molecular flexibility index (Phi) is 6.86. The van der Waals surface area contributed by atoms with Crippen LogP contribution in [-0.2, 0) is 7.05 Å². The second-order valence-electron chi connectivity index (χ2n) is 9.91. The Labute approximate surface area is 225 Å². The number of hydrogen-bond donors (Lipinski definition) is 0. The first kappa shape index (κ1) is 26.0. The number of nitrogens with zero attached hydrogens (tertiary/aromatic N) is 6. The molecule has 0 aliphatic carbocycles. The van der Waals surface area contributed by atoms with Gasteiger partial charge in [-0.3, -0.25) is 9.69 Å². The van der Waals surface area contributed by atoms with E-state index >= 15 is 4.39 Å². The van der Waals surface area contributed by atoms with Crippen molar-refractivity contribution in [1.82, 2.24) is 14.5 Å². The summed E-state index contributed by atoms with van der Waals surface area (Å²) in [6.45, 7) is 12.2. The number of aromatic nitrogens is 2. The van der Waals surface area contributed by atoms with E-state index in [9.17, 15) is 14.4 Å². The van der Waals surface area contributed by atoms with Crippen LogP contribution in [0.15, 0.2) is 65.5 Å². The molecule has 39 heavy (non-hydrogen) atoms. The zero-order valence-electron chi connectivity index (χ0n) is 21.8. The molecule has 1 fully saturated rings. The fraction of sp³-hybridized carbons (Fsp3) is 0.267. The number of rotatable bonds is 4. The first-order valence-corrected chi connectivity index (χ1v) is 12.6. The van der Waals surface area contributed by atoms with Gasteiger partial charge in [0.05, 0.1) is 23.2 Å². The lowest BCUT2D eigenvalue weighted by Gasteiger charge is -2.48. The van der Waals surface area contributed by atoms with Gasteiger partial charge < -0.3 is 14.3 Å². The number of nitriles is 1. The second-order valence-corrected chi connectivity index (χ2v) is 9.91. The molecule has 0 radical (unpaired) electrons. The molecular formula is C30H26F2N6O. The fourth-order valence-corrected chi connectivity index (χ4v) is 5.46. The third kappa shape index (κ3) is 4.62. The zero-order valence-corrected chi connectivity index (χ0v) is 21.8. The SMILES string of the molecule is [C-]#[N+]c1ccc2c(n1)c(N1C[C@@H](C)N(C(c3ccc(F)cc3)c3ccc(C#N)cc3)C[C@@H]1C)c(F)c(=O)n2C. The molecule has 1 aliphatic rings. The number of piperazine rings is 1. The minimum Gasteiger partial charge on any atom is -0.361 e. The molecule has 3 heterocycles. The summed E-state index contributed by atoms with van der Waals surface area (Å²) in [4.78, 5) is 24.7. The number of anilines is 1. The number of hydrogen-bond acceptors (Lipinski definition) is 5. The number of halogens is 2. The summed E-state index contributed by atoms with van der Waals surface area (Å²) in [6, 6.07) is 18.4. The molecule has 2 aromatic carbocycles. The Bertz CT molecular complexity index is 1690. The van der Waals surface area contributed by atoms with Crippen molar-refractivity contribution in [1.29, 1.82) is 5.26 Å². The molecule has 0 spiro atoms. The van der Waals surface area contributed by atoms with Gasteiger partial charge in [-0.1, -0.05) is 30.8 Å². The van der Waals surface area contributed by atoms with Gasteiger partial charge in [-0.25, -0.2) is 4.39 Å². The second kappa shape index (κ2) is 10.3. The van der Waals surface area contributed by atoms with Crippen molar-refractivity contribution in [2.75, 3.05) is 18.0 Å². The molecule has 1 aliphatic heterocycles. The van der Waals surface area contributed by atoms with Crippen LogP contribution in [0.2, 0.25) is 0 Å². The molecule has 1 saturated heterocycles. The summed E-state index contributed by atoms with van der Waals surface area (Å²) >= 11 is 0. The molecule has 1 unspecified atom stereocenters. The highest BCUT2D eigenvalue weighted by atomic mass is 19.1. The lowest BCUT2D eigenvalue weighted by Crippen LogP contribution is -2.58. The standard InChI is InChI=1S/C30H26F2N6O/c1-18-17-38(29-26(32)30(39)36(4)24-13-14-25(34-3)35-27(24)29)19(2)16-37(18)28(22-9-11-23(31)12-10-22)21-7-5-20(15-33)6-8-21/h5-14,18-19,28H,16-17H2,1-2,4H3/t18-,19+,28?/m1/s1. The predicted molar refractivity (Wildman–Crippen MR) is 146 cm³/mol. The smallest absolute Gasteiger partial charge is 0.289 e. The van der Waals surface area contributed by atoms with Crippen LogP contribution in [0.3, 0.4) is 0 Å². The van der Waals surface area contributed by atoms with Crippen molar-refractivity contribution in [2.45, 2.75) is 32.0 Å². The molecule has 5 rings (SSSR count). The molecule has 7 nitrogen and oxygen atoms in total. The van der Waals surface area contributed by atoms with E-state index in [4.69, 9.17) is 6.57 Å². The maximum Gasteiger partial charge on any atom is 0.289 e. The Balaban J connectivity index is 1.58. The highest BCUT2D eigenvalue weighted by Gasteiger charge is 2.38. The Morgan fingerprint density at radius 1 is 1.00 bits per heavy atom. The van der Waals surface area contributed by atoms with E-state index in [1.54, 1.807) is 30.3 Å². The van der Waals surface area contributed by atoms with Gasteiger partial charge in [0.1, 0.15) is 11.5 Å². The molecule has 2 aromatic heterocycles. The van der Waals surface area contributed by atoms with Crippen molar-refractivity contribution < 1.29 is 8.78 Å². The molecule has 196 valence electrons. The molecule has 9 heteroatoms. The lowest BCUT2D eigenvalue weighted by atomic mass is 9.93. The third-order valence-corrected chi connectivity index (χ3v) is 7.45. The molecule has 0 amide bonds. The van der Waals surface area contributed by atoms with E-state index in [1.165, 1.54) is 29.8 Å². The minimum atomic E-state index is -0.894. The summed E-state index contributed by atoms with van der Waals surface area (Å²) in [7, 11) is 1.49. The topological polar surface area (TPSA) is 69.5 Å². The molecule has 0 saturated carbocycles. The van der Waals surface area contributed by atoms with E-state index < -0.39 is 11.4 Å². The van der Waals surface area contributed by atoms with E-state index in [0.29, 0.717) is 24.2 Å². The van der Waals surface area contributed by atoms with Crippen LogP contribution in [0.5, 0.6) is 0 Å². The van der Waals surface area contributed by atoms with Gasteiger partial charge >= 0.3 is 0 Å². The van der Waals surface area contributed by atoms with Crippen LogP contribution in [0.25, 0.3) is 15.9 Å². The number of benzene rings is 2. The van der Waals surface area contributed by atoms with Gasteiger partial charge in [-0.15, -0.1) is 4.98 Å². The monoisotopic (exact) mass is 524 g/mol. The molecular weight excluding hydrogens is 498 g/mol. The van der Waals surface area contributed by atoms with Gasteiger partial charge in [0, 0.05) is 32.2 Å². The zero-order chi connectivity index (χ0) is 27.8.